The number of hydrogen-bond acceptors (Lipinski definition) is 6. The number of nitrogens with zero attached hydrogens (tertiary/aromatic N) is 1. The molecule has 1 aliphatic rings. The van der Waals surface area contributed by atoms with Gasteiger partial charge in [0.2, 0.25) is 5.91 Å². The Bertz CT molecular complexity index is 948. The van der Waals surface area contributed by atoms with Crippen molar-refractivity contribution in [1.82, 2.24) is 15.1 Å². The van der Waals surface area contributed by atoms with Crippen molar-refractivity contribution in [3.63, 3.8) is 0 Å². The predicted molar refractivity (Wildman–Crippen MR) is 93.7 cm³/mol. The number of nitrogens with one attached hydrogen (secondary N) is 2. The molecule has 142 valence electrons. The fourth-order valence-corrected chi connectivity index (χ4v) is 4.11. The van der Waals surface area contributed by atoms with Crippen molar-refractivity contribution in [3.05, 3.63) is 54.6 Å². The van der Waals surface area contributed by atoms with Gasteiger partial charge in [-0.3, -0.25) is 10.0 Å². The molecule has 3 rings (SSSR count). The molecule has 0 bridgehead atoms. The Morgan fingerprint density at radius 3 is 2.52 bits per heavy atom. The molecule has 10 heteroatoms. The summed E-state index contributed by atoms with van der Waals surface area (Å²) >= 11 is 0. The van der Waals surface area contributed by atoms with E-state index in [1.165, 1.54) is 23.7 Å². The Balaban J connectivity index is 1.95. The SMILES string of the molecule is O=C(NO)C1CNC(=O)N(S(=O)(=O)c2ccccc2Oc2ccccc2)C1. The zero-order chi connectivity index (χ0) is 19.4. The van der Waals surface area contributed by atoms with Gasteiger partial charge in [0.15, 0.2) is 0 Å². The van der Waals surface area contributed by atoms with Gasteiger partial charge in [0.05, 0.1) is 12.5 Å². The summed E-state index contributed by atoms with van der Waals surface area (Å²) in [5, 5.41) is 11.1. The summed E-state index contributed by atoms with van der Waals surface area (Å²) < 4.78 is 32.3. The fourth-order valence-electron chi connectivity index (χ4n) is 2.60. The molecule has 1 fully saturated rings. The van der Waals surface area contributed by atoms with Gasteiger partial charge < -0.3 is 10.1 Å². The average Bonchev–Trinajstić information content (AvgIpc) is 2.68. The standard InChI is InChI=1S/C17H17N3O6S/c21-16(19-23)12-10-18-17(22)20(11-12)27(24,25)15-9-5-4-8-14(15)26-13-6-2-1-3-7-13/h1-9,12,23H,10-11H2,(H,18,22)(H,19,21). The Morgan fingerprint density at radius 1 is 1.15 bits per heavy atom. The van der Waals surface area contributed by atoms with Crippen molar-refractivity contribution >= 4 is 22.0 Å². The van der Waals surface area contributed by atoms with Crippen LogP contribution in [-0.4, -0.2) is 43.0 Å². The monoisotopic (exact) mass is 391 g/mol. The first-order valence-corrected chi connectivity index (χ1v) is 9.44. The summed E-state index contributed by atoms with van der Waals surface area (Å²) in [6, 6.07) is 13.6. The van der Waals surface area contributed by atoms with Crippen molar-refractivity contribution in [1.29, 1.82) is 0 Å². The Labute approximate surface area is 155 Å². The molecular weight excluding hydrogens is 374 g/mol. The minimum atomic E-state index is -4.30. The molecule has 0 spiro atoms. The van der Waals surface area contributed by atoms with E-state index in [1.54, 1.807) is 36.4 Å². The van der Waals surface area contributed by atoms with Crippen LogP contribution in [0.25, 0.3) is 0 Å². The van der Waals surface area contributed by atoms with E-state index in [9.17, 15) is 18.0 Å². The first-order chi connectivity index (χ1) is 12.9. The van der Waals surface area contributed by atoms with Gasteiger partial charge in [0.1, 0.15) is 16.4 Å². The summed E-state index contributed by atoms with van der Waals surface area (Å²) in [6.07, 6.45) is 0. The molecule has 3 N–H and O–H groups in total. The summed E-state index contributed by atoms with van der Waals surface area (Å²) in [6.45, 7) is -0.486. The molecule has 27 heavy (non-hydrogen) atoms. The third kappa shape index (κ3) is 3.86. The second-order valence-corrected chi connectivity index (χ2v) is 7.59. The van der Waals surface area contributed by atoms with Gasteiger partial charge in [0, 0.05) is 6.54 Å². The number of carbonyl (C=O) groups excluding carboxylic acids is 2. The first-order valence-electron chi connectivity index (χ1n) is 8.00. The number of carbonyl (C=O) groups is 2. The lowest BCUT2D eigenvalue weighted by Gasteiger charge is -2.31. The smallest absolute Gasteiger partial charge is 0.331 e. The normalized spacial score (nSPS) is 17.1. The van der Waals surface area contributed by atoms with E-state index < -0.39 is 34.4 Å². The van der Waals surface area contributed by atoms with Gasteiger partial charge in [-0.2, -0.15) is 0 Å². The molecule has 0 aliphatic carbocycles. The van der Waals surface area contributed by atoms with Crippen LogP contribution in [0.2, 0.25) is 0 Å². The van der Waals surface area contributed by atoms with Crippen molar-refractivity contribution in [3.8, 4) is 11.5 Å². The summed E-state index contributed by atoms with van der Waals surface area (Å²) in [7, 11) is -4.30. The number of benzene rings is 2. The van der Waals surface area contributed by atoms with E-state index in [2.05, 4.69) is 5.32 Å². The Kier molecular flexibility index (Phi) is 5.28. The number of para-hydroxylation sites is 2. The second-order valence-electron chi connectivity index (χ2n) is 5.76. The zero-order valence-corrected chi connectivity index (χ0v) is 14.8. The topological polar surface area (TPSA) is 125 Å². The maximum Gasteiger partial charge on any atom is 0.331 e. The van der Waals surface area contributed by atoms with Gasteiger partial charge in [-0.15, -0.1) is 0 Å². The highest BCUT2D eigenvalue weighted by atomic mass is 32.2. The minimum absolute atomic E-state index is 0.0465. The first kappa shape index (κ1) is 18.7. The largest absolute Gasteiger partial charge is 0.456 e. The second kappa shape index (κ2) is 7.64. The van der Waals surface area contributed by atoms with Crippen LogP contribution in [-0.2, 0) is 14.8 Å². The molecule has 0 aromatic heterocycles. The number of sulfonamides is 1. The number of urea groups is 1. The molecule has 0 radical (unpaired) electrons. The highest BCUT2D eigenvalue weighted by Crippen LogP contribution is 2.31. The lowest BCUT2D eigenvalue weighted by Crippen LogP contribution is -2.56. The predicted octanol–water partition coefficient (Wildman–Crippen LogP) is 1.31. The maximum absolute atomic E-state index is 13.1. The van der Waals surface area contributed by atoms with Gasteiger partial charge in [0.25, 0.3) is 10.0 Å². The maximum atomic E-state index is 13.1. The average molecular weight is 391 g/mol. The lowest BCUT2D eigenvalue weighted by molar-refractivity contribution is -0.133. The van der Waals surface area contributed by atoms with Crippen molar-refractivity contribution in [2.75, 3.05) is 13.1 Å². The van der Waals surface area contributed by atoms with Crippen LogP contribution >= 0.6 is 0 Å². The Morgan fingerprint density at radius 2 is 1.81 bits per heavy atom. The Hall–Kier alpha value is -3.11. The van der Waals surface area contributed by atoms with Crippen molar-refractivity contribution < 1.29 is 28.0 Å². The number of amides is 3. The van der Waals surface area contributed by atoms with E-state index in [0.717, 1.165) is 0 Å². The number of rotatable bonds is 5. The molecule has 1 atom stereocenters. The lowest BCUT2D eigenvalue weighted by atomic mass is 10.1. The van der Waals surface area contributed by atoms with E-state index >= 15 is 0 Å². The van der Waals surface area contributed by atoms with Gasteiger partial charge in [-0.1, -0.05) is 30.3 Å². The van der Waals surface area contributed by atoms with Crippen LogP contribution in [0.5, 0.6) is 11.5 Å². The zero-order valence-electron chi connectivity index (χ0n) is 14.0. The minimum Gasteiger partial charge on any atom is -0.456 e. The summed E-state index contributed by atoms with van der Waals surface area (Å²) in [5.74, 6) is -1.24. The molecule has 3 amide bonds. The molecule has 0 saturated carbocycles. The number of hydrogen-bond donors (Lipinski definition) is 3. The number of ether oxygens (including phenoxy) is 1. The van der Waals surface area contributed by atoms with Crippen LogP contribution in [0.3, 0.4) is 0 Å². The molecular formula is C17H17N3O6S. The van der Waals surface area contributed by atoms with Crippen molar-refractivity contribution in [2.45, 2.75) is 4.90 Å². The molecule has 1 unspecified atom stereocenters. The van der Waals surface area contributed by atoms with E-state index in [4.69, 9.17) is 9.94 Å². The van der Waals surface area contributed by atoms with Crippen LogP contribution in [0.4, 0.5) is 4.79 Å². The fraction of sp³-hybridized carbons (Fsp3) is 0.176. The molecule has 9 nitrogen and oxygen atoms in total. The van der Waals surface area contributed by atoms with Crippen molar-refractivity contribution in [2.24, 2.45) is 5.92 Å². The third-order valence-electron chi connectivity index (χ3n) is 3.98. The molecule has 2 aromatic rings. The van der Waals surface area contributed by atoms with Gasteiger partial charge in [-0.05, 0) is 24.3 Å². The molecule has 2 aromatic carbocycles. The molecule has 1 aliphatic heterocycles. The van der Waals surface area contributed by atoms with Gasteiger partial charge >= 0.3 is 6.03 Å². The van der Waals surface area contributed by atoms with E-state index in [1.807, 2.05) is 0 Å². The van der Waals surface area contributed by atoms with Gasteiger partial charge in [-0.25, -0.2) is 23.0 Å². The summed E-state index contributed by atoms with van der Waals surface area (Å²) in [4.78, 5) is 23.6. The quantitative estimate of drug-likeness (QED) is 0.521. The third-order valence-corrected chi connectivity index (χ3v) is 5.77. The highest BCUT2D eigenvalue weighted by molar-refractivity contribution is 7.89. The van der Waals surface area contributed by atoms with Crippen LogP contribution < -0.4 is 15.5 Å². The van der Waals surface area contributed by atoms with Crippen LogP contribution in [0.1, 0.15) is 0 Å². The highest BCUT2D eigenvalue weighted by Gasteiger charge is 2.39. The van der Waals surface area contributed by atoms with Crippen LogP contribution in [0.15, 0.2) is 59.5 Å². The number of hydroxylamine groups is 1. The van der Waals surface area contributed by atoms with E-state index in [-0.39, 0.29) is 17.2 Å². The van der Waals surface area contributed by atoms with Crippen LogP contribution in [0, 0.1) is 5.92 Å². The summed E-state index contributed by atoms with van der Waals surface area (Å²) in [5.41, 5.74) is 1.47. The molecule has 1 heterocycles. The molecule has 1 saturated heterocycles. The van der Waals surface area contributed by atoms with E-state index in [0.29, 0.717) is 10.1 Å².